The fourth-order valence-electron chi connectivity index (χ4n) is 1.47. The maximum atomic E-state index is 10.8. The van der Waals surface area contributed by atoms with Gasteiger partial charge in [-0.25, -0.2) is 4.79 Å². The third-order valence-corrected chi connectivity index (χ3v) is 2.32. The summed E-state index contributed by atoms with van der Waals surface area (Å²) in [6.07, 6.45) is 0.479. The summed E-state index contributed by atoms with van der Waals surface area (Å²) in [6.45, 7) is 0.741. The molecule has 0 spiro atoms. The minimum Gasteiger partial charge on any atom is -0.479 e. The highest BCUT2D eigenvalue weighted by molar-refractivity contribution is 5.77. The first-order valence-electron chi connectivity index (χ1n) is 4.93. The molecule has 1 saturated heterocycles. The molecular weight excluding hydrogens is 200 g/mol. The summed E-state index contributed by atoms with van der Waals surface area (Å²) in [5.41, 5.74) is 0. The fourth-order valence-corrected chi connectivity index (χ4v) is 1.47. The Balaban J connectivity index is 2.14. The van der Waals surface area contributed by atoms with Crippen LogP contribution in [0.5, 0.6) is 0 Å². The molecule has 0 aromatic rings. The number of rotatable bonds is 5. The van der Waals surface area contributed by atoms with Crippen LogP contribution in [0.15, 0.2) is 0 Å². The van der Waals surface area contributed by atoms with Gasteiger partial charge >= 0.3 is 5.97 Å². The summed E-state index contributed by atoms with van der Waals surface area (Å²) >= 11 is 0. The zero-order chi connectivity index (χ0) is 11.3. The summed E-state index contributed by atoms with van der Waals surface area (Å²) in [5.74, 6) is -1.01. The van der Waals surface area contributed by atoms with Gasteiger partial charge in [0.05, 0.1) is 12.6 Å². The van der Waals surface area contributed by atoms with Gasteiger partial charge in [-0.2, -0.15) is 0 Å². The highest BCUT2D eigenvalue weighted by Gasteiger charge is 2.29. The monoisotopic (exact) mass is 216 g/mol. The van der Waals surface area contributed by atoms with Crippen molar-refractivity contribution in [2.24, 2.45) is 0 Å². The van der Waals surface area contributed by atoms with Crippen molar-refractivity contribution in [1.82, 2.24) is 10.6 Å². The van der Waals surface area contributed by atoms with E-state index >= 15 is 0 Å². The first-order valence-corrected chi connectivity index (χ1v) is 4.93. The van der Waals surface area contributed by atoms with Gasteiger partial charge < -0.3 is 20.5 Å². The summed E-state index contributed by atoms with van der Waals surface area (Å²) in [4.78, 5) is 21.4. The quantitative estimate of drug-likeness (QED) is 0.546. The molecule has 2 unspecified atom stereocenters. The van der Waals surface area contributed by atoms with E-state index in [4.69, 9.17) is 9.84 Å². The van der Waals surface area contributed by atoms with Gasteiger partial charge in [0, 0.05) is 13.6 Å². The molecule has 0 aromatic carbocycles. The van der Waals surface area contributed by atoms with Crippen molar-refractivity contribution in [1.29, 1.82) is 0 Å². The van der Waals surface area contributed by atoms with E-state index in [-0.39, 0.29) is 18.6 Å². The van der Waals surface area contributed by atoms with E-state index in [1.807, 2.05) is 0 Å². The van der Waals surface area contributed by atoms with Gasteiger partial charge in [-0.15, -0.1) is 0 Å². The van der Waals surface area contributed by atoms with Crippen LogP contribution >= 0.6 is 0 Å². The number of aliphatic carboxylic acids is 1. The molecule has 1 amide bonds. The van der Waals surface area contributed by atoms with Crippen LogP contribution in [0, 0.1) is 0 Å². The highest BCUT2D eigenvalue weighted by atomic mass is 16.5. The first-order chi connectivity index (χ1) is 7.13. The molecule has 0 aromatic heterocycles. The molecule has 0 bridgehead atoms. The van der Waals surface area contributed by atoms with E-state index in [0.717, 1.165) is 6.42 Å². The predicted octanol–water partition coefficient (Wildman–Crippen LogP) is -1.05. The number of carbonyl (C=O) groups excluding carboxylic acids is 1. The number of ether oxygens (including phenoxy) is 1. The Hall–Kier alpha value is -1.14. The van der Waals surface area contributed by atoms with Crippen LogP contribution < -0.4 is 10.6 Å². The molecule has 6 nitrogen and oxygen atoms in total. The van der Waals surface area contributed by atoms with Gasteiger partial charge in [0.1, 0.15) is 0 Å². The van der Waals surface area contributed by atoms with Crippen LogP contribution in [0.2, 0.25) is 0 Å². The number of amides is 1. The molecule has 6 heteroatoms. The third kappa shape index (κ3) is 3.85. The fraction of sp³-hybridized carbons (Fsp3) is 0.778. The maximum absolute atomic E-state index is 10.8. The molecule has 0 aliphatic carbocycles. The van der Waals surface area contributed by atoms with Gasteiger partial charge in [0.2, 0.25) is 5.91 Å². The number of hydrogen-bond donors (Lipinski definition) is 3. The molecule has 15 heavy (non-hydrogen) atoms. The number of nitrogens with one attached hydrogen (secondary N) is 2. The third-order valence-electron chi connectivity index (χ3n) is 2.32. The van der Waals surface area contributed by atoms with Gasteiger partial charge in [0.15, 0.2) is 6.10 Å². The predicted molar refractivity (Wildman–Crippen MR) is 52.5 cm³/mol. The zero-order valence-corrected chi connectivity index (χ0v) is 8.66. The molecule has 0 radical (unpaired) electrons. The van der Waals surface area contributed by atoms with Crippen molar-refractivity contribution >= 4 is 11.9 Å². The van der Waals surface area contributed by atoms with Crippen LogP contribution in [0.3, 0.4) is 0 Å². The number of hydrogen-bond acceptors (Lipinski definition) is 4. The largest absolute Gasteiger partial charge is 0.479 e. The SMILES string of the molecule is CNC(=O)CNCC1CCC(C(=O)O)O1. The normalized spacial score (nSPS) is 25.1. The lowest BCUT2D eigenvalue weighted by Gasteiger charge is -2.11. The van der Waals surface area contributed by atoms with Crippen LogP contribution in [0.1, 0.15) is 12.8 Å². The molecule has 1 aliphatic heterocycles. The van der Waals surface area contributed by atoms with Crippen molar-refractivity contribution < 1.29 is 19.4 Å². The average Bonchev–Trinajstić information content (AvgIpc) is 2.66. The van der Waals surface area contributed by atoms with Crippen molar-refractivity contribution in [2.75, 3.05) is 20.1 Å². The minimum atomic E-state index is -0.913. The molecular formula is C9H16N2O4. The van der Waals surface area contributed by atoms with Crippen LogP contribution in [0.4, 0.5) is 0 Å². The summed E-state index contributed by atoms with van der Waals surface area (Å²) in [5, 5.41) is 14.1. The Bertz CT molecular complexity index is 244. The number of carboxylic acid groups (broad SMARTS) is 1. The molecule has 1 aliphatic rings. The lowest BCUT2D eigenvalue weighted by atomic mass is 10.2. The van der Waals surface area contributed by atoms with Crippen LogP contribution in [-0.2, 0) is 14.3 Å². The Kier molecular flexibility index (Phi) is 4.51. The van der Waals surface area contributed by atoms with Gasteiger partial charge in [0.25, 0.3) is 0 Å². The van der Waals surface area contributed by atoms with Crippen LogP contribution in [-0.4, -0.2) is 49.3 Å². The first kappa shape index (κ1) is 11.9. The maximum Gasteiger partial charge on any atom is 0.332 e. The van der Waals surface area contributed by atoms with E-state index in [2.05, 4.69) is 10.6 Å². The van der Waals surface area contributed by atoms with E-state index in [1.165, 1.54) is 0 Å². The lowest BCUT2D eigenvalue weighted by Crippen LogP contribution is -2.36. The van der Waals surface area contributed by atoms with Crippen LogP contribution in [0.25, 0.3) is 0 Å². The number of carboxylic acids is 1. The Morgan fingerprint density at radius 3 is 2.73 bits per heavy atom. The van der Waals surface area contributed by atoms with Crippen molar-refractivity contribution in [3.8, 4) is 0 Å². The standard InChI is InChI=1S/C9H16N2O4/c1-10-8(12)5-11-4-6-2-3-7(15-6)9(13)14/h6-7,11H,2-5H2,1H3,(H,10,12)(H,13,14). The molecule has 86 valence electrons. The molecule has 2 atom stereocenters. The van der Waals surface area contributed by atoms with E-state index in [9.17, 15) is 9.59 Å². The smallest absolute Gasteiger partial charge is 0.332 e. The Labute approximate surface area is 88.0 Å². The summed E-state index contributed by atoms with van der Waals surface area (Å²) in [6, 6.07) is 0. The summed E-state index contributed by atoms with van der Waals surface area (Å²) < 4.78 is 5.24. The van der Waals surface area contributed by atoms with E-state index < -0.39 is 12.1 Å². The molecule has 1 fully saturated rings. The molecule has 1 heterocycles. The minimum absolute atomic E-state index is 0.0946. The molecule has 0 saturated carbocycles. The Morgan fingerprint density at radius 1 is 1.47 bits per heavy atom. The van der Waals surface area contributed by atoms with Gasteiger partial charge in [-0.3, -0.25) is 4.79 Å². The second-order valence-corrected chi connectivity index (χ2v) is 3.47. The van der Waals surface area contributed by atoms with Gasteiger partial charge in [-0.1, -0.05) is 0 Å². The number of likely N-dealkylation sites (N-methyl/N-ethyl adjacent to an activating group) is 1. The van der Waals surface area contributed by atoms with Gasteiger partial charge in [-0.05, 0) is 12.8 Å². The highest BCUT2D eigenvalue weighted by Crippen LogP contribution is 2.18. The van der Waals surface area contributed by atoms with Crippen molar-refractivity contribution in [3.05, 3.63) is 0 Å². The summed E-state index contributed by atoms with van der Waals surface area (Å²) in [7, 11) is 1.57. The van der Waals surface area contributed by atoms with Crippen molar-refractivity contribution in [2.45, 2.75) is 25.0 Å². The van der Waals surface area contributed by atoms with Crippen molar-refractivity contribution in [3.63, 3.8) is 0 Å². The van der Waals surface area contributed by atoms with E-state index in [0.29, 0.717) is 13.0 Å². The second kappa shape index (κ2) is 5.67. The Morgan fingerprint density at radius 2 is 2.20 bits per heavy atom. The molecule has 3 N–H and O–H groups in total. The number of carbonyl (C=O) groups is 2. The molecule has 1 rings (SSSR count). The topological polar surface area (TPSA) is 87.7 Å². The van der Waals surface area contributed by atoms with E-state index in [1.54, 1.807) is 7.05 Å². The zero-order valence-electron chi connectivity index (χ0n) is 8.66. The lowest BCUT2D eigenvalue weighted by molar-refractivity contribution is -0.149. The second-order valence-electron chi connectivity index (χ2n) is 3.47. The average molecular weight is 216 g/mol.